The molecule has 140 valence electrons. The summed E-state index contributed by atoms with van der Waals surface area (Å²) < 4.78 is 5.07. The third-order valence-electron chi connectivity index (χ3n) is 3.17. The van der Waals surface area contributed by atoms with E-state index in [9.17, 15) is 9.59 Å². The predicted molar refractivity (Wildman–Crippen MR) is 101 cm³/mol. The molecule has 4 atom stereocenters. The van der Waals surface area contributed by atoms with E-state index in [1.165, 1.54) is 36.8 Å². The van der Waals surface area contributed by atoms with Crippen molar-refractivity contribution >= 4 is 58.3 Å². The summed E-state index contributed by atoms with van der Waals surface area (Å²) in [5.41, 5.74) is 0. The molecule has 0 aliphatic heterocycles. The van der Waals surface area contributed by atoms with E-state index in [-0.39, 0.29) is 12.8 Å². The van der Waals surface area contributed by atoms with Crippen LogP contribution in [0.25, 0.3) is 0 Å². The second-order valence-corrected chi connectivity index (χ2v) is 7.23. The molecular formula is C16H18Cl4O5. The maximum Gasteiger partial charge on any atom is 0.323 e. The van der Waals surface area contributed by atoms with E-state index in [1.54, 1.807) is 0 Å². The van der Waals surface area contributed by atoms with Gasteiger partial charge < -0.3 is 14.9 Å². The number of ether oxygens (including phenoxy) is 1. The van der Waals surface area contributed by atoms with E-state index in [0.29, 0.717) is 0 Å². The number of aliphatic carboxylic acids is 2. The second kappa shape index (κ2) is 10.8. The molecule has 9 heteroatoms. The summed E-state index contributed by atoms with van der Waals surface area (Å²) in [6.07, 6.45) is 8.12. The van der Waals surface area contributed by atoms with Gasteiger partial charge in [-0.25, -0.2) is 0 Å². The highest BCUT2D eigenvalue weighted by Gasteiger charge is 2.37. The first-order valence-electron chi connectivity index (χ1n) is 6.88. The third-order valence-corrected chi connectivity index (χ3v) is 5.60. The van der Waals surface area contributed by atoms with Crippen molar-refractivity contribution in [1.29, 1.82) is 0 Å². The van der Waals surface area contributed by atoms with Gasteiger partial charge in [0.25, 0.3) is 0 Å². The van der Waals surface area contributed by atoms with Crippen LogP contribution in [0.3, 0.4) is 0 Å². The fraction of sp³-hybridized carbons (Fsp3) is 0.375. The standard InChI is InChI=1S/C16H18Cl4O5/c1-3-15(19,11(17)13(21)22)7-5-9-25-10-6-8-16(20,4-2)12(18)14(23)24/h3-6,9-12H,1-2,7-8H2,(H,21,22)(H,23,24). The number of hydrogen-bond acceptors (Lipinski definition) is 3. The molecular weight excluding hydrogens is 414 g/mol. The Kier molecular flexibility index (Phi) is 10.3. The molecule has 0 radical (unpaired) electrons. The molecule has 0 aliphatic rings. The fourth-order valence-corrected chi connectivity index (χ4v) is 2.33. The van der Waals surface area contributed by atoms with E-state index >= 15 is 0 Å². The molecule has 5 nitrogen and oxygen atoms in total. The van der Waals surface area contributed by atoms with Crippen molar-refractivity contribution < 1.29 is 24.5 Å². The van der Waals surface area contributed by atoms with E-state index < -0.39 is 32.4 Å². The van der Waals surface area contributed by atoms with Gasteiger partial charge in [0.1, 0.15) is 0 Å². The van der Waals surface area contributed by atoms with Gasteiger partial charge in [-0.15, -0.1) is 59.6 Å². The Morgan fingerprint density at radius 3 is 1.48 bits per heavy atom. The molecule has 0 fully saturated rings. The molecule has 25 heavy (non-hydrogen) atoms. The van der Waals surface area contributed by atoms with Gasteiger partial charge in [-0.1, -0.05) is 12.2 Å². The number of alkyl halides is 4. The second-order valence-electron chi connectivity index (χ2n) is 4.95. The quantitative estimate of drug-likeness (QED) is 0.269. The number of halogens is 4. The molecule has 0 aromatic rings. The zero-order valence-corrected chi connectivity index (χ0v) is 16.1. The summed E-state index contributed by atoms with van der Waals surface area (Å²) in [6, 6.07) is 0. The Morgan fingerprint density at radius 1 is 0.920 bits per heavy atom. The van der Waals surface area contributed by atoms with Crippen LogP contribution in [-0.4, -0.2) is 42.7 Å². The molecule has 0 aromatic heterocycles. The van der Waals surface area contributed by atoms with Crippen molar-refractivity contribution in [3.8, 4) is 0 Å². The number of carboxylic acids is 2. The van der Waals surface area contributed by atoms with Gasteiger partial charge in [0.15, 0.2) is 10.8 Å². The summed E-state index contributed by atoms with van der Waals surface area (Å²) in [7, 11) is 0. The van der Waals surface area contributed by atoms with E-state index in [4.69, 9.17) is 61.4 Å². The number of hydrogen-bond donors (Lipinski definition) is 2. The van der Waals surface area contributed by atoms with E-state index in [0.717, 1.165) is 0 Å². The predicted octanol–water partition coefficient (Wildman–Crippen LogP) is 4.52. The summed E-state index contributed by atoms with van der Waals surface area (Å²) in [5.74, 6) is -2.52. The third kappa shape index (κ3) is 7.32. The average molecular weight is 432 g/mol. The highest BCUT2D eigenvalue weighted by Crippen LogP contribution is 2.31. The molecule has 0 heterocycles. The lowest BCUT2D eigenvalue weighted by Crippen LogP contribution is -2.36. The number of rotatable bonds is 12. The summed E-state index contributed by atoms with van der Waals surface area (Å²) in [5, 5.41) is 15.1. The molecule has 0 saturated carbocycles. The van der Waals surface area contributed by atoms with Crippen LogP contribution in [-0.2, 0) is 14.3 Å². The SMILES string of the molecule is C=CC(Cl)(CC=COC=CCC(Cl)(C=C)C(Cl)C(=O)O)C(Cl)C(=O)O. The van der Waals surface area contributed by atoms with Gasteiger partial charge in [0.05, 0.1) is 22.3 Å². The molecule has 0 bridgehead atoms. The normalized spacial score (nSPS) is 18.9. The summed E-state index contributed by atoms with van der Waals surface area (Å²) in [6.45, 7) is 6.96. The first kappa shape index (κ1) is 23.9. The Hall–Kier alpha value is -1.14. The van der Waals surface area contributed by atoms with Crippen LogP contribution in [0.1, 0.15) is 12.8 Å². The van der Waals surface area contributed by atoms with Gasteiger partial charge in [-0.3, -0.25) is 9.59 Å². The largest absolute Gasteiger partial charge is 0.480 e. The molecule has 0 rings (SSSR count). The maximum absolute atomic E-state index is 10.9. The highest BCUT2D eigenvalue weighted by atomic mass is 35.5. The average Bonchev–Trinajstić information content (AvgIpc) is 2.58. The van der Waals surface area contributed by atoms with Gasteiger partial charge in [-0.2, -0.15) is 0 Å². The lowest BCUT2D eigenvalue weighted by atomic mass is 10.00. The zero-order valence-electron chi connectivity index (χ0n) is 13.1. The maximum atomic E-state index is 10.9. The minimum absolute atomic E-state index is 0.0707. The topological polar surface area (TPSA) is 83.8 Å². The molecule has 0 saturated heterocycles. The fourth-order valence-electron chi connectivity index (χ4n) is 1.61. The number of carboxylic acid groups (broad SMARTS) is 2. The van der Waals surface area contributed by atoms with Crippen molar-refractivity contribution in [3.05, 3.63) is 50.0 Å². The van der Waals surface area contributed by atoms with Crippen molar-refractivity contribution in [2.24, 2.45) is 0 Å². The summed E-state index contributed by atoms with van der Waals surface area (Å²) in [4.78, 5) is 19.1. The van der Waals surface area contributed by atoms with Crippen LogP contribution in [0.4, 0.5) is 0 Å². The van der Waals surface area contributed by atoms with Crippen molar-refractivity contribution in [1.82, 2.24) is 0 Å². The van der Waals surface area contributed by atoms with Crippen LogP contribution in [0.2, 0.25) is 0 Å². The van der Waals surface area contributed by atoms with Crippen LogP contribution in [0.5, 0.6) is 0 Å². The Labute approximate surface area is 166 Å². The molecule has 0 spiro atoms. The van der Waals surface area contributed by atoms with Gasteiger partial charge >= 0.3 is 11.9 Å². The Balaban J connectivity index is 4.60. The van der Waals surface area contributed by atoms with Crippen molar-refractivity contribution in [3.63, 3.8) is 0 Å². The molecule has 2 N–H and O–H groups in total. The van der Waals surface area contributed by atoms with Crippen molar-refractivity contribution in [2.75, 3.05) is 0 Å². The molecule has 4 unspecified atom stereocenters. The van der Waals surface area contributed by atoms with Crippen LogP contribution in [0, 0.1) is 0 Å². The smallest absolute Gasteiger partial charge is 0.323 e. The Morgan fingerprint density at radius 2 is 1.24 bits per heavy atom. The van der Waals surface area contributed by atoms with E-state index in [2.05, 4.69) is 13.2 Å². The lowest BCUT2D eigenvalue weighted by molar-refractivity contribution is -0.138. The van der Waals surface area contributed by atoms with Crippen molar-refractivity contribution in [2.45, 2.75) is 33.3 Å². The van der Waals surface area contributed by atoms with Crippen LogP contribution in [0.15, 0.2) is 50.0 Å². The van der Waals surface area contributed by atoms with Gasteiger partial charge in [0, 0.05) is 0 Å². The minimum atomic E-state index is -1.36. The minimum Gasteiger partial charge on any atom is -0.480 e. The zero-order chi connectivity index (χ0) is 19.7. The first-order valence-corrected chi connectivity index (χ1v) is 8.51. The van der Waals surface area contributed by atoms with Gasteiger partial charge in [0.2, 0.25) is 0 Å². The highest BCUT2D eigenvalue weighted by molar-refractivity contribution is 6.40. The molecule has 0 amide bonds. The number of allylic oxidation sites excluding steroid dienone is 4. The Bertz CT molecular complexity index is 515. The molecule has 0 aromatic carbocycles. The van der Waals surface area contributed by atoms with Gasteiger partial charge in [-0.05, 0) is 25.0 Å². The first-order chi connectivity index (χ1) is 11.5. The monoisotopic (exact) mass is 430 g/mol. The molecule has 0 aliphatic carbocycles. The van der Waals surface area contributed by atoms with E-state index in [1.807, 2.05) is 0 Å². The van der Waals surface area contributed by atoms with Crippen LogP contribution >= 0.6 is 46.4 Å². The van der Waals surface area contributed by atoms with Crippen LogP contribution < -0.4 is 0 Å². The summed E-state index contributed by atoms with van der Waals surface area (Å²) >= 11 is 23.7. The lowest BCUT2D eigenvalue weighted by Gasteiger charge is -2.24. The number of carbonyl (C=O) groups is 2.